The van der Waals surface area contributed by atoms with Gasteiger partial charge >= 0.3 is 0 Å². The summed E-state index contributed by atoms with van der Waals surface area (Å²) in [5.74, 6) is 1.97. The molecule has 4 rings (SSSR count). The Hall–Kier alpha value is -2.71. The second-order valence-electron chi connectivity index (χ2n) is 8.35. The van der Waals surface area contributed by atoms with Gasteiger partial charge in [0.1, 0.15) is 5.39 Å². The van der Waals surface area contributed by atoms with Crippen LogP contribution in [0.1, 0.15) is 71.1 Å². The van der Waals surface area contributed by atoms with Gasteiger partial charge in [0.2, 0.25) is 11.8 Å². The Morgan fingerprint density at radius 2 is 2.07 bits per heavy atom. The number of nitrogens with zero attached hydrogens (tertiary/aromatic N) is 6. The van der Waals surface area contributed by atoms with Crippen LogP contribution in [0.15, 0.2) is 15.5 Å². The quantitative estimate of drug-likeness (QED) is 0.754. The van der Waals surface area contributed by atoms with E-state index in [1.165, 1.54) is 0 Å². The molecule has 1 aliphatic rings. The fraction of sp³-hybridized carbons (Fsp3) is 0.611. The van der Waals surface area contributed by atoms with Gasteiger partial charge in [0.05, 0.1) is 17.8 Å². The second-order valence-corrected chi connectivity index (χ2v) is 8.35. The van der Waals surface area contributed by atoms with E-state index >= 15 is 0 Å². The van der Waals surface area contributed by atoms with Gasteiger partial charge in [-0.2, -0.15) is 15.1 Å². The summed E-state index contributed by atoms with van der Waals surface area (Å²) in [4.78, 5) is 26.9. The van der Waals surface area contributed by atoms with Crippen molar-refractivity contribution in [1.82, 2.24) is 29.9 Å². The summed E-state index contributed by atoms with van der Waals surface area (Å²) in [7, 11) is 0. The van der Waals surface area contributed by atoms with E-state index in [9.17, 15) is 4.79 Å². The third-order valence-electron chi connectivity index (χ3n) is 4.84. The molecule has 1 saturated heterocycles. The van der Waals surface area contributed by atoms with Gasteiger partial charge in [-0.1, -0.05) is 19.0 Å². The molecule has 1 unspecified atom stereocenters. The number of fused-ring (bicyclic) bond motifs is 1. The monoisotopic (exact) mass is 371 g/mol. The molecule has 3 aromatic heterocycles. The molecule has 9 heteroatoms. The molecule has 0 saturated carbocycles. The van der Waals surface area contributed by atoms with E-state index in [0.717, 1.165) is 19.4 Å². The largest absolute Gasteiger partial charge is 0.339 e. The van der Waals surface area contributed by atoms with Crippen molar-refractivity contribution >= 4 is 17.0 Å². The van der Waals surface area contributed by atoms with E-state index in [1.54, 1.807) is 10.9 Å². The number of rotatable bonds is 3. The molecule has 1 atom stereocenters. The van der Waals surface area contributed by atoms with Gasteiger partial charge in [0.15, 0.2) is 11.5 Å². The molecule has 0 bridgehead atoms. The maximum absolute atomic E-state index is 12.6. The van der Waals surface area contributed by atoms with Gasteiger partial charge in [0.25, 0.3) is 5.56 Å². The Bertz CT molecular complexity index is 1020. The van der Waals surface area contributed by atoms with Gasteiger partial charge in [-0.25, -0.2) is 4.68 Å². The number of hydrogen-bond acceptors (Lipinski definition) is 7. The molecule has 3 aromatic rings. The summed E-state index contributed by atoms with van der Waals surface area (Å²) in [5.41, 5.74) is 0.124. The van der Waals surface area contributed by atoms with E-state index in [4.69, 9.17) is 9.51 Å². The normalized spacial score (nSPS) is 18.1. The highest BCUT2D eigenvalue weighted by molar-refractivity contribution is 5.74. The lowest BCUT2D eigenvalue weighted by Crippen LogP contribution is -2.29. The average Bonchev–Trinajstić information content (AvgIpc) is 3.31. The number of H-pyrrole nitrogens is 1. The lowest BCUT2D eigenvalue weighted by Gasteiger charge is -2.24. The van der Waals surface area contributed by atoms with Crippen molar-refractivity contribution in [3.8, 4) is 0 Å². The zero-order chi connectivity index (χ0) is 19.3. The summed E-state index contributed by atoms with van der Waals surface area (Å²) in [6, 6.07) is -0.0622. The van der Waals surface area contributed by atoms with Gasteiger partial charge < -0.3 is 9.42 Å². The number of hydrogen-bond donors (Lipinski definition) is 1. The van der Waals surface area contributed by atoms with Crippen molar-refractivity contribution in [3.05, 3.63) is 28.3 Å². The maximum atomic E-state index is 12.6. The first kappa shape index (κ1) is 17.7. The van der Waals surface area contributed by atoms with E-state index in [2.05, 4.69) is 25.1 Å². The number of anilines is 1. The first-order valence-corrected chi connectivity index (χ1v) is 9.34. The summed E-state index contributed by atoms with van der Waals surface area (Å²) in [5, 5.41) is 9.02. The minimum Gasteiger partial charge on any atom is -0.339 e. The molecule has 1 fully saturated rings. The molecular formula is C18H25N7O2. The van der Waals surface area contributed by atoms with Crippen LogP contribution in [0.2, 0.25) is 0 Å². The molecule has 4 heterocycles. The van der Waals surface area contributed by atoms with Crippen molar-refractivity contribution in [2.24, 2.45) is 0 Å². The highest BCUT2D eigenvalue weighted by Crippen LogP contribution is 2.33. The minimum absolute atomic E-state index is 0.0622. The fourth-order valence-corrected chi connectivity index (χ4v) is 3.44. The van der Waals surface area contributed by atoms with Gasteiger partial charge in [-0.3, -0.25) is 9.78 Å². The Labute approximate surface area is 156 Å². The summed E-state index contributed by atoms with van der Waals surface area (Å²) >= 11 is 0. The number of aromatic nitrogens is 6. The molecule has 144 valence electrons. The van der Waals surface area contributed by atoms with E-state index in [-0.39, 0.29) is 23.1 Å². The third-order valence-corrected chi connectivity index (χ3v) is 4.84. The molecule has 0 spiro atoms. The van der Waals surface area contributed by atoms with Gasteiger partial charge in [-0.05, 0) is 33.6 Å². The van der Waals surface area contributed by atoms with Crippen LogP contribution in [0.25, 0.3) is 11.0 Å². The molecule has 0 radical (unpaired) electrons. The van der Waals surface area contributed by atoms with Crippen LogP contribution in [0.3, 0.4) is 0 Å². The predicted molar refractivity (Wildman–Crippen MR) is 101 cm³/mol. The van der Waals surface area contributed by atoms with Crippen molar-refractivity contribution in [3.63, 3.8) is 0 Å². The van der Waals surface area contributed by atoms with E-state index in [1.807, 2.05) is 34.6 Å². The van der Waals surface area contributed by atoms with Crippen LogP contribution < -0.4 is 10.5 Å². The van der Waals surface area contributed by atoms with Crippen molar-refractivity contribution < 1.29 is 4.52 Å². The molecule has 27 heavy (non-hydrogen) atoms. The third kappa shape index (κ3) is 3.00. The minimum atomic E-state index is -0.274. The Morgan fingerprint density at radius 1 is 1.30 bits per heavy atom. The highest BCUT2D eigenvalue weighted by Gasteiger charge is 2.33. The number of aromatic amines is 1. The first-order chi connectivity index (χ1) is 12.8. The standard InChI is InChI=1S/C18H25N7O2/c1-10(2)16-20-13(23-27-16)12-7-6-8-24(12)17-21-14-11(15(26)22-17)9-19-25(14)18(3,4)5/h9-10,12H,6-8H2,1-5H3,(H,21,22,26). The molecule has 1 aliphatic heterocycles. The summed E-state index contributed by atoms with van der Waals surface area (Å²) < 4.78 is 7.16. The smallest absolute Gasteiger partial charge is 0.263 e. The van der Waals surface area contributed by atoms with Crippen LogP contribution in [-0.4, -0.2) is 36.4 Å². The highest BCUT2D eigenvalue weighted by atomic mass is 16.5. The lowest BCUT2D eigenvalue weighted by atomic mass is 10.1. The molecule has 0 amide bonds. The molecular weight excluding hydrogens is 346 g/mol. The van der Waals surface area contributed by atoms with Crippen molar-refractivity contribution in [2.45, 2.75) is 65.0 Å². The molecule has 0 aliphatic carbocycles. The lowest BCUT2D eigenvalue weighted by molar-refractivity contribution is 0.357. The molecule has 0 aromatic carbocycles. The Kier molecular flexibility index (Phi) is 4.05. The Balaban J connectivity index is 1.77. The summed E-state index contributed by atoms with van der Waals surface area (Å²) in [6.07, 6.45) is 3.43. The maximum Gasteiger partial charge on any atom is 0.263 e. The van der Waals surface area contributed by atoms with Gasteiger partial charge in [-0.15, -0.1) is 0 Å². The van der Waals surface area contributed by atoms with Gasteiger partial charge in [0, 0.05) is 12.5 Å². The van der Waals surface area contributed by atoms with Crippen molar-refractivity contribution in [1.29, 1.82) is 0 Å². The summed E-state index contributed by atoms with van der Waals surface area (Å²) in [6.45, 7) is 10.9. The predicted octanol–water partition coefficient (Wildman–Crippen LogP) is 2.72. The number of nitrogens with one attached hydrogen (secondary N) is 1. The zero-order valence-electron chi connectivity index (χ0n) is 16.4. The van der Waals surface area contributed by atoms with Crippen LogP contribution in [0.5, 0.6) is 0 Å². The van der Waals surface area contributed by atoms with E-state index in [0.29, 0.717) is 28.7 Å². The zero-order valence-corrected chi connectivity index (χ0v) is 16.4. The van der Waals surface area contributed by atoms with Crippen LogP contribution in [0, 0.1) is 0 Å². The first-order valence-electron chi connectivity index (χ1n) is 9.34. The molecule has 1 N–H and O–H groups in total. The van der Waals surface area contributed by atoms with E-state index < -0.39 is 0 Å². The van der Waals surface area contributed by atoms with Crippen molar-refractivity contribution in [2.75, 3.05) is 11.4 Å². The van der Waals surface area contributed by atoms with Crippen LogP contribution in [-0.2, 0) is 5.54 Å². The van der Waals surface area contributed by atoms with Crippen LogP contribution >= 0.6 is 0 Å². The SMILES string of the molecule is CC(C)c1nc(C2CCCN2c2nc3c(cnn3C(C)(C)C)c(=O)[nH]2)no1. The van der Waals surface area contributed by atoms with Crippen LogP contribution in [0.4, 0.5) is 5.95 Å². The Morgan fingerprint density at radius 3 is 2.74 bits per heavy atom. The molecule has 9 nitrogen and oxygen atoms in total. The topological polar surface area (TPSA) is 106 Å². The average molecular weight is 371 g/mol. The second kappa shape index (κ2) is 6.17. The fourth-order valence-electron chi connectivity index (χ4n) is 3.44.